The van der Waals surface area contributed by atoms with Gasteiger partial charge < -0.3 is 4.52 Å². The second-order valence-electron chi connectivity index (χ2n) is 3.19. The van der Waals surface area contributed by atoms with Gasteiger partial charge in [0.05, 0.1) is 0 Å². The lowest BCUT2D eigenvalue weighted by atomic mass is 10.1. The average molecular weight is 209 g/mol. The Kier molecular flexibility index (Phi) is 2.25. The third-order valence-corrected chi connectivity index (χ3v) is 2.19. The van der Waals surface area contributed by atoms with Crippen molar-refractivity contribution in [3.05, 3.63) is 34.7 Å². The van der Waals surface area contributed by atoms with Crippen LogP contribution in [0.1, 0.15) is 11.1 Å². The molecule has 4 heteroatoms. The summed E-state index contributed by atoms with van der Waals surface area (Å²) in [6.07, 6.45) is 0. The molecule has 0 aliphatic carbocycles. The summed E-state index contributed by atoms with van der Waals surface area (Å²) in [5.41, 5.74) is 3.22. The van der Waals surface area contributed by atoms with Gasteiger partial charge in [0.15, 0.2) is 0 Å². The predicted octanol–water partition coefficient (Wildman–Crippen LogP) is 3.01. The Hall–Kier alpha value is -1.35. The first kappa shape index (κ1) is 9.21. The van der Waals surface area contributed by atoms with E-state index in [4.69, 9.17) is 16.1 Å². The van der Waals surface area contributed by atoms with Crippen LogP contribution in [0.2, 0.25) is 5.35 Å². The van der Waals surface area contributed by atoms with E-state index in [9.17, 15) is 0 Å². The van der Waals surface area contributed by atoms with E-state index in [2.05, 4.69) is 10.1 Å². The van der Waals surface area contributed by atoms with Crippen LogP contribution in [-0.2, 0) is 0 Å². The van der Waals surface area contributed by atoms with E-state index in [1.165, 1.54) is 0 Å². The molecule has 1 heterocycles. The second kappa shape index (κ2) is 3.42. The lowest BCUT2D eigenvalue weighted by Crippen LogP contribution is -1.86. The van der Waals surface area contributed by atoms with Crippen molar-refractivity contribution in [1.29, 1.82) is 0 Å². The second-order valence-corrected chi connectivity index (χ2v) is 3.51. The molecule has 0 unspecified atom stereocenters. The van der Waals surface area contributed by atoms with Crippen LogP contribution < -0.4 is 0 Å². The monoisotopic (exact) mass is 208 g/mol. The fraction of sp³-hybridized carbons (Fsp3) is 0.200. The van der Waals surface area contributed by atoms with Crippen molar-refractivity contribution in [1.82, 2.24) is 10.1 Å². The molecule has 0 saturated heterocycles. The first-order chi connectivity index (χ1) is 6.66. The Bertz CT molecular complexity index is 465. The van der Waals surface area contributed by atoms with Gasteiger partial charge in [-0.2, -0.15) is 4.98 Å². The largest absolute Gasteiger partial charge is 0.321 e. The van der Waals surface area contributed by atoms with Gasteiger partial charge in [-0.3, -0.25) is 0 Å². The third-order valence-electron chi connectivity index (χ3n) is 2.04. The molecule has 2 aromatic rings. The van der Waals surface area contributed by atoms with E-state index in [0.29, 0.717) is 5.82 Å². The van der Waals surface area contributed by atoms with Crippen molar-refractivity contribution in [2.75, 3.05) is 0 Å². The quantitative estimate of drug-likeness (QED) is 0.723. The number of hydrogen-bond donors (Lipinski definition) is 0. The van der Waals surface area contributed by atoms with Gasteiger partial charge in [-0.25, -0.2) is 0 Å². The van der Waals surface area contributed by atoms with E-state index in [0.717, 1.165) is 16.7 Å². The van der Waals surface area contributed by atoms with Gasteiger partial charge in [-0.1, -0.05) is 22.9 Å². The van der Waals surface area contributed by atoms with Crippen LogP contribution in [0, 0.1) is 13.8 Å². The predicted molar refractivity (Wildman–Crippen MR) is 54.2 cm³/mol. The van der Waals surface area contributed by atoms with Gasteiger partial charge in [-0.15, -0.1) is 0 Å². The van der Waals surface area contributed by atoms with E-state index >= 15 is 0 Å². The summed E-state index contributed by atoms with van der Waals surface area (Å²) < 4.78 is 4.72. The van der Waals surface area contributed by atoms with Gasteiger partial charge in [-0.05, 0) is 37.1 Å². The van der Waals surface area contributed by atoms with Gasteiger partial charge >= 0.3 is 5.35 Å². The minimum atomic E-state index is 0.0703. The van der Waals surface area contributed by atoms with Crippen molar-refractivity contribution in [3.63, 3.8) is 0 Å². The molecule has 1 aromatic heterocycles. The van der Waals surface area contributed by atoms with Crippen LogP contribution in [0.25, 0.3) is 11.4 Å². The molecule has 0 aliphatic rings. The highest BCUT2D eigenvalue weighted by molar-refractivity contribution is 6.27. The van der Waals surface area contributed by atoms with Crippen LogP contribution in [0.15, 0.2) is 22.7 Å². The molecule has 0 amide bonds. The zero-order chi connectivity index (χ0) is 10.1. The Morgan fingerprint density at radius 1 is 1.29 bits per heavy atom. The summed E-state index contributed by atoms with van der Waals surface area (Å²) in [6, 6.07) is 6.08. The van der Waals surface area contributed by atoms with E-state index < -0.39 is 0 Å². The van der Waals surface area contributed by atoms with Gasteiger partial charge in [0, 0.05) is 5.56 Å². The number of hydrogen-bond acceptors (Lipinski definition) is 3. The zero-order valence-electron chi connectivity index (χ0n) is 7.91. The standard InChI is InChI=1S/C10H9ClN2O/c1-6-3-4-7(2)8(5-6)9-12-10(11)14-13-9/h3-5H,1-2H3. The number of halogens is 1. The smallest absolute Gasteiger partial charge is 0.320 e. The van der Waals surface area contributed by atoms with Crippen molar-refractivity contribution in [2.45, 2.75) is 13.8 Å². The first-order valence-electron chi connectivity index (χ1n) is 4.23. The maximum atomic E-state index is 5.56. The molecule has 0 bridgehead atoms. The Labute approximate surface area is 86.7 Å². The van der Waals surface area contributed by atoms with Gasteiger partial charge in [0.2, 0.25) is 5.82 Å². The number of rotatable bonds is 1. The molecule has 14 heavy (non-hydrogen) atoms. The van der Waals surface area contributed by atoms with E-state index in [1.54, 1.807) is 0 Å². The molecule has 1 aromatic carbocycles. The molecule has 0 N–H and O–H groups in total. The van der Waals surface area contributed by atoms with Crippen molar-refractivity contribution in [2.24, 2.45) is 0 Å². The summed E-state index contributed by atoms with van der Waals surface area (Å²) in [7, 11) is 0. The number of benzene rings is 1. The summed E-state index contributed by atoms with van der Waals surface area (Å²) in [5, 5.41) is 3.84. The van der Waals surface area contributed by atoms with E-state index in [-0.39, 0.29) is 5.35 Å². The topological polar surface area (TPSA) is 38.9 Å². The Morgan fingerprint density at radius 2 is 2.07 bits per heavy atom. The fourth-order valence-corrected chi connectivity index (χ4v) is 1.41. The van der Waals surface area contributed by atoms with Gasteiger partial charge in [0.25, 0.3) is 0 Å². The molecular weight excluding hydrogens is 200 g/mol. The van der Waals surface area contributed by atoms with Gasteiger partial charge in [0.1, 0.15) is 0 Å². The molecule has 0 saturated carbocycles. The lowest BCUT2D eigenvalue weighted by Gasteiger charge is -2.01. The average Bonchev–Trinajstić information content (AvgIpc) is 2.56. The maximum absolute atomic E-state index is 5.56. The summed E-state index contributed by atoms with van der Waals surface area (Å²) in [4.78, 5) is 3.97. The lowest BCUT2D eigenvalue weighted by molar-refractivity contribution is 0.421. The molecule has 3 nitrogen and oxygen atoms in total. The van der Waals surface area contributed by atoms with Crippen LogP contribution in [0.5, 0.6) is 0 Å². The van der Waals surface area contributed by atoms with Crippen LogP contribution in [0.3, 0.4) is 0 Å². The van der Waals surface area contributed by atoms with Crippen molar-refractivity contribution >= 4 is 11.6 Å². The zero-order valence-corrected chi connectivity index (χ0v) is 8.67. The van der Waals surface area contributed by atoms with E-state index in [1.807, 2.05) is 32.0 Å². The highest BCUT2D eigenvalue weighted by atomic mass is 35.5. The molecule has 0 spiro atoms. The molecular formula is C10H9ClN2O. The van der Waals surface area contributed by atoms with Crippen LogP contribution in [0.4, 0.5) is 0 Å². The Morgan fingerprint density at radius 3 is 2.71 bits per heavy atom. The summed E-state index contributed by atoms with van der Waals surface area (Å²) in [6.45, 7) is 4.02. The minimum absolute atomic E-state index is 0.0703. The summed E-state index contributed by atoms with van der Waals surface area (Å²) in [5.74, 6) is 0.538. The first-order valence-corrected chi connectivity index (χ1v) is 4.61. The minimum Gasteiger partial charge on any atom is -0.321 e. The number of aromatic nitrogens is 2. The Balaban J connectivity index is 2.55. The number of nitrogens with zero attached hydrogens (tertiary/aromatic N) is 2. The molecule has 0 radical (unpaired) electrons. The fourth-order valence-electron chi connectivity index (χ4n) is 1.29. The van der Waals surface area contributed by atoms with Crippen LogP contribution in [-0.4, -0.2) is 10.1 Å². The molecule has 0 aliphatic heterocycles. The molecule has 2 rings (SSSR count). The highest BCUT2D eigenvalue weighted by Gasteiger charge is 2.09. The molecule has 0 atom stereocenters. The summed E-state index contributed by atoms with van der Waals surface area (Å²) >= 11 is 5.56. The SMILES string of the molecule is Cc1ccc(C)c(-c2noc(Cl)n2)c1. The molecule has 72 valence electrons. The van der Waals surface area contributed by atoms with Crippen molar-refractivity contribution in [3.8, 4) is 11.4 Å². The third kappa shape index (κ3) is 1.63. The normalized spacial score (nSPS) is 10.5. The maximum Gasteiger partial charge on any atom is 0.320 e. The van der Waals surface area contributed by atoms with Crippen molar-refractivity contribution < 1.29 is 4.52 Å². The molecule has 0 fully saturated rings. The number of aryl methyl sites for hydroxylation is 2. The van der Waals surface area contributed by atoms with Crippen LogP contribution >= 0.6 is 11.6 Å². The highest BCUT2D eigenvalue weighted by Crippen LogP contribution is 2.22.